The van der Waals surface area contributed by atoms with Crippen LogP contribution in [-0.4, -0.2) is 23.3 Å². The number of carbonyl (C=O) groups excluding carboxylic acids is 1. The van der Waals surface area contributed by atoms with Crippen LogP contribution in [0.2, 0.25) is 0 Å². The van der Waals surface area contributed by atoms with E-state index in [2.05, 4.69) is 4.98 Å². The fourth-order valence-electron chi connectivity index (χ4n) is 2.06. The second-order valence-corrected chi connectivity index (χ2v) is 5.92. The zero-order valence-corrected chi connectivity index (χ0v) is 12.5. The van der Waals surface area contributed by atoms with Crippen LogP contribution >= 0.6 is 0 Å². The molecule has 2 rings (SSSR count). The Morgan fingerprint density at radius 2 is 2.10 bits per heavy atom. The topological polar surface area (TPSA) is 51.3 Å². The minimum Gasteiger partial charge on any atom is -0.434 e. The van der Waals surface area contributed by atoms with E-state index in [1.54, 1.807) is 26.8 Å². The summed E-state index contributed by atoms with van der Waals surface area (Å²) in [4.78, 5) is 14.5. The minimum atomic E-state index is -0.660. The lowest BCUT2D eigenvalue weighted by Gasteiger charge is -2.18. The lowest BCUT2D eigenvalue weighted by atomic mass is 10.1. The molecule has 0 bridgehead atoms. The number of fused-ring (bicyclic) bond motifs is 1. The van der Waals surface area contributed by atoms with Gasteiger partial charge in [0.2, 0.25) is 0 Å². The highest BCUT2D eigenvalue weighted by Crippen LogP contribution is 2.20. The van der Waals surface area contributed by atoms with Gasteiger partial charge in [-0.1, -0.05) is 0 Å². The number of aromatic nitrogens is 1. The molecular formula is C16H20FNO3. The van der Waals surface area contributed by atoms with Crippen LogP contribution < -0.4 is 0 Å². The molecule has 1 heterocycles. The molecule has 1 N–H and O–H groups in total. The molecule has 0 aliphatic carbocycles. The number of rotatable bonds is 4. The molecule has 0 saturated carbocycles. The molecule has 0 spiro atoms. The molecule has 0 saturated heterocycles. The molecule has 2 aromatic rings. The first-order chi connectivity index (χ1) is 9.85. The third-order valence-electron chi connectivity index (χ3n) is 2.93. The molecule has 1 aromatic heterocycles. The molecule has 21 heavy (non-hydrogen) atoms. The van der Waals surface area contributed by atoms with Crippen LogP contribution in [0.3, 0.4) is 0 Å². The average Bonchev–Trinajstić information content (AvgIpc) is 2.75. The molecule has 0 fully saturated rings. The number of ether oxygens (including phenoxy) is 2. The average molecular weight is 293 g/mol. The van der Waals surface area contributed by atoms with Crippen molar-refractivity contribution in [3.63, 3.8) is 0 Å². The van der Waals surface area contributed by atoms with Crippen molar-refractivity contribution in [1.29, 1.82) is 0 Å². The Balaban J connectivity index is 1.83. The molecule has 0 unspecified atom stereocenters. The maximum absolute atomic E-state index is 13.2. The summed E-state index contributed by atoms with van der Waals surface area (Å²) in [6.07, 6.45) is 2.56. The number of hydrogen-bond donors (Lipinski definition) is 1. The zero-order chi connectivity index (χ0) is 15.5. The third-order valence-corrected chi connectivity index (χ3v) is 2.93. The highest BCUT2D eigenvalue weighted by Gasteiger charge is 2.17. The predicted molar refractivity (Wildman–Crippen MR) is 78.8 cm³/mol. The van der Waals surface area contributed by atoms with E-state index >= 15 is 0 Å². The molecule has 4 nitrogen and oxygen atoms in total. The molecule has 1 aromatic carbocycles. The number of hydrogen-bond acceptors (Lipinski definition) is 3. The number of nitrogens with one attached hydrogen (secondary N) is 1. The van der Waals surface area contributed by atoms with Crippen molar-refractivity contribution < 1.29 is 18.7 Å². The summed E-state index contributed by atoms with van der Waals surface area (Å²) >= 11 is 0. The van der Waals surface area contributed by atoms with Crippen molar-refractivity contribution in [2.75, 3.05) is 6.61 Å². The van der Waals surface area contributed by atoms with E-state index in [0.717, 1.165) is 16.5 Å². The molecule has 5 heteroatoms. The summed E-state index contributed by atoms with van der Waals surface area (Å²) in [5, 5.41) is 0.868. The Hall–Kier alpha value is -2.04. The lowest BCUT2D eigenvalue weighted by molar-refractivity contribution is -0.00744. The van der Waals surface area contributed by atoms with E-state index in [4.69, 9.17) is 9.47 Å². The minimum absolute atomic E-state index is 0.256. The first kappa shape index (κ1) is 15.4. The van der Waals surface area contributed by atoms with Crippen LogP contribution in [0.1, 0.15) is 32.8 Å². The highest BCUT2D eigenvalue weighted by atomic mass is 19.1. The molecule has 0 atom stereocenters. The van der Waals surface area contributed by atoms with Crippen molar-refractivity contribution in [2.45, 2.75) is 39.2 Å². The van der Waals surface area contributed by atoms with E-state index in [0.29, 0.717) is 12.8 Å². The van der Waals surface area contributed by atoms with Crippen LogP contribution in [0.5, 0.6) is 0 Å². The zero-order valence-electron chi connectivity index (χ0n) is 12.5. The predicted octanol–water partition coefficient (Wildman–Crippen LogP) is 4.19. The van der Waals surface area contributed by atoms with E-state index < -0.39 is 11.8 Å². The van der Waals surface area contributed by atoms with Gasteiger partial charge in [0.15, 0.2) is 0 Å². The number of benzene rings is 1. The van der Waals surface area contributed by atoms with Crippen LogP contribution in [0.15, 0.2) is 24.4 Å². The highest BCUT2D eigenvalue weighted by molar-refractivity contribution is 5.83. The summed E-state index contributed by atoms with van der Waals surface area (Å²) in [5.41, 5.74) is 1.36. The number of aromatic amines is 1. The van der Waals surface area contributed by atoms with Crippen LogP contribution in [0.25, 0.3) is 10.9 Å². The smallest absolute Gasteiger partial charge is 0.434 e. The van der Waals surface area contributed by atoms with Gasteiger partial charge in [-0.25, -0.2) is 9.18 Å². The lowest BCUT2D eigenvalue weighted by Crippen LogP contribution is -2.24. The molecule has 0 aliphatic rings. The first-order valence-electron chi connectivity index (χ1n) is 6.96. The van der Waals surface area contributed by atoms with E-state index in [1.807, 2.05) is 6.20 Å². The summed E-state index contributed by atoms with van der Waals surface area (Å²) in [6.45, 7) is 5.63. The fraction of sp³-hybridized carbons (Fsp3) is 0.438. The Bertz CT molecular complexity index is 628. The number of aryl methyl sites for hydroxylation is 1. The summed E-state index contributed by atoms with van der Waals surface area (Å²) in [7, 11) is 0. The van der Waals surface area contributed by atoms with Crippen molar-refractivity contribution >= 4 is 17.1 Å². The van der Waals surface area contributed by atoms with Gasteiger partial charge in [-0.05, 0) is 57.4 Å². The number of carbonyl (C=O) groups is 1. The molecule has 114 valence electrons. The van der Waals surface area contributed by atoms with Crippen molar-refractivity contribution in [2.24, 2.45) is 0 Å². The molecule has 0 amide bonds. The van der Waals surface area contributed by atoms with Crippen LogP contribution in [-0.2, 0) is 15.9 Å². The largest absolute Gasteiger partial charge is 0.508 e. The summed E-state index contributed by atoms with van der Waals surface area (Å²) in [5.74, 6) is -0.256. The SMILES string of the molecule is CC(C)(C)OC(=O)OCCCc1c[nH]c2ccc(F)cc12. The summed E-state index contributed by atoms with van der Waals surface area (Å²) < 4.78 is 23.3. The second-order valence-electron chi connectivity index (χ2n) is 5.92. The van der Waals surface area contributed by atoms with E-state index in [-0.39, 0.29) is 12.4 Å². The number of H-pyrrole nitrogens is 1. The van der Waals surface area contributed by atoms with Gasteiger partial charge in [-0.15, -0.1) is 0 Å². The monoisotopic (exact) mass is 293 g/mol. The van der Waals surface area contributed by atoms with Gasteiger partial charge in [0.1, 0.15) is 11.4 Å². The first-order valence-corrected chi connectivity index (χ1v) is 6.96. The Labute approximate surface area is 123 Å². The van der Waals surface area contributed by atoms with Crippen LogP contribution in [0.4, 0.5) is 9.18 Å². The van der Waals surface area contributed by atoms with Gasteiger partial charge in [0, 0.05) is 17.1 Å². The van der Waals surface area contributed by atoms with Gasteiger partial charge in [0.05, 0.1) is 6.61 Å². The van der Waals surface area contributed by atoms with Crippen molar-refractivity contribution in [3.8, 4) is 0 Å². The maximum Gasteiger partial charge on any atom is 0.508 e. The Morgan fingerprint density at radius 3 is 2.81 bits per heavy atom. The maximum atomic E-state index is 13.2. The van der Waals surface area contributed by atoms with Gasteiger partial charge in [-0.2, -0.15) is 0 Å². The quantitative estimate of drug-likeness (QED) is 0.679. The molecule has 0 aliphatic heterocycles. The molecular weight excluding hydrogens is 273 g/mol. The van der Waals surface area contributed by atoms with Gasteiger partial charge >= 0.3 is 6.16 Å². The van der Waals surface area contributed by atoms with Gasteiger partial charge in [-0.3, -0.25) is 0 Å². The Kier molecular flexibility index (Phi) is 4.50. The third kappa shape index (κ3) is 4.48. The van der Waals surface area contributed by atoms with Crippen molar-refractivity contribution in [1.82, 2.24) is 4.98 Å². The standard InChI is InChI=1S/C16H20FNO3/c1-16(2,3)21-15(19)20-8-4-5-11-10-18-14-7-6-12(17)9-13(11)14/h6-7,9-10,18H,4-5,8H2,1-3H3. The normalized spacial score (nSPS) is 11.6. The fourth-order valence-corrected chi connectivity index (χ4v) is 2.06. The van der Waals surface area contributed by atoms with E-state index in [1.165, 1.54) is 12.1 Å². The van der Waals surface area contributed by atoms with Gasteiger partial charge < -0.3 is 14.5 Å². The molecule has 0 radical (unpaired) electrons. The van der Waals surface area contributed by atoms with Gasteiger partial charge in [0.25, 0.3) is 0 Å². The number of halogens is 1. The van der Waals surface area contributed by atoms with Crippen molar-refractivity contribution in [3.05, 3.63) is 35.8 Å². The second kappa shape index (κ2) is 6.16. The van der Waals surface area contributed by atoms with E-state index in [9.17, 15) is 9.18 Å². The van der Waals surface area contributed by atoms with Crippen LogP contribution in [0, 0.1) is 5.82 Å². The Morgan fingerprint density at radius 1 is 1.33 bits per heavy atom. The summed E-state index contributed by atoms with van der Waals surface area (Å²) in [6, 6.07) is 4.65.